The highest BCUT2D eigenvalue weighted by atomic mass is 15.0. The van der Waals surface area contributed by atoms with E-state index in [-0.39, 0.29) is 0 Å². The largest absolute Gasteiger partial charge is 0.309 e. The minimum Gasteiger partial charge on any atom is -0.309 e. The molecule has 2 aliphatic rings. The smallest absolute Gasteiger partial charge is 0.0726 e. The summed E-state index contributed by atoms with van der Waals surface area (Å²) < 4.78 is 2.57. The Balaban J connectivity index is 1.35. The van der Waals surface area contributed by atoms with Crippen molar-refractivity contribution in [2.24, 2.45) is 0 Å². The van der Waals surface area contributed by atoms with E-state index in [9.17, 15) is 0 Å². The van der Waals surface area contributed by atoms with Crippen LogP contribution in [-0.2, 0) is 5.41 Å². The minimum atomic E-state index is -0.400. The summed E-state index contributed by atoms with van der Waals surface area (Å²) in [6, 6.07) is 64.4. The molecule has 0 N–H and O–H groups in total. The Labute approximate surface area is 295 Å². The van der Waals surface area contributed by atoms with Gasteiger partial charge in [-0.1, -0.05) is 140 Å². The standard InChI is InChI=1S/C50H31N/c1-30-26-32-28-33(27-30)51(46-22-10-18-40-36-13-3-2-12-34(36)35-14-4-5-17-39(35)48(40)46)47-23-11-21-45-49(47)41-29-31(32)24-25-44(41)50(45)42-19-8-6-15-37(42)38-16-7-9-20-43(38)50/h2-29H,1H3. The molecule has 1 spiro atoms. The Hall–Kier alpha value is -6.44. The van der Waals surface area contributed by atoms with Gasteiger partial charge >= 0.3 is 0 Å². The third-order valence-electron chi connectivity index (χ3n) is 12.0. The molecular weight excluding hydrogens is 615 g/mol. The van der Waals surface area contributed by atoms with Gasteiger partial charge in [-0.15, -0.1) is 0 Å². The zero-order chi connectivity index (χ0) is 33.4. The van der Waals surface area contributed by atoms with Gasteiger partial charge < -0.3 is 4.57 Å². The van der Waals surface area contributed by atoms with Crippen LogP contribution in [0.25, 0.3) is 81.7 Å². The zero-order valence-electron chi connectivity index (χ0n) is 28.1. The number of nitrogens with zero attached hydrogens (tertiary/aromatic N) is 1. The van der Waals surface area contributed by atoms with Crippen molar-refractivity contribution in [1.29, 1.82) is 0 Å². The second-order valence-electron chi connectivity index (χ2n) is 14.5. The fraction of sp³-hybridized carbons (Fsp3) is 0.0400. The van der Waals surface area contributed by atoms with Crippen molar-refractivity contribution >= 4 is 64.9 Å². The molecule has 10 aromatic rings. The van der Waals surface area contributed by atoms with E-state index >= 15 is 0 Å². The Kier molecular flexibility index (Phi) is 5.17. The van der Waals surface area contributed by atoms with E-state index < -0.39 is 5.41 Å². The van der Waals surface area contributed by atoms with E-state index in [4.69, 9.17) is 0 Å². The van der Waals surface area contributed by atoms with E-state index in [0.717, 1.165) is 0 Å². The molecule has 0 amide bonds. The molecule has 12 rings (SSSR count). The molecule has 0 aliphatic heterocycles. The van der Waals surface area contributed by atoms with E-state index in [1.807, 2.05) is 0 Å². The average molecular weight is 646 g/mol. The Morgan fingerprint density at radius 2 is 0.980 bits per heavy atom. The highest BCUT2D eigenvalue weighted by molar-refractivity contribution is 6.27. The van der Waals surface area contributed by atoms with Crippen LogP contribution in [0.3, 0.4) is 0 Å². The monoisotopic (exact) mass is 645 g/mol. The quantitative estimate of drug-likeness (QED) is 0.157. The maximum Gasteiger partial charge on any atom is 0.0726 e. The first-order valence-corrected chi connectivity index (χ1v) is 17.9. The molecule has 1 heteroatoms. The molecule has 1 heterocycles. The molecule has 9 aromatic carbocycles. The van der Waals surface area contributed by atoms with Crippen molar-refractivity contribution in [2.45, 2.75) is 12.3 Å². The number of aryl methyl sites for hydroxylation is 1. The molecule has 0 saturated heterocycles. The van der Waals surface area contributed by atoms with Crippen molar-refractivity contribution in [3.05, 3.63) is 198 Å². The van der Waals surface area contributed by atoms with Crippen LogP contribution >= 0.6 is 0 Å². The van der Waals surface area contributed by atoms with Crippen molar-refractivity contribution in [3.8, 4) is 16.8 Å². The average Bonchev–Trinajstić information content (AvgIpc) is 3.66. The third kappa shape index (κ3) is 3.32. The van der Waals surface area contributed by atoms with Crippen molar-refractivity contribution in [3.63, 3.8) is 0 Å². The lowest BCUT2D eigenvalue weighted by Crippen LogP contribution is -2.26. The number of fused-ring (bicyclic) bond motifs is 17. The SMILES string of the molecule is Cc1cc2cc(c1)n(-c1cccc3c4ccccc4c4ccccc4c13)c1cccc3c1c1cc2ccc1C31c2ccccc2-c2ccccc21. The van der Waals surface area contributed by atoms with Crippen molar-refractivity contribution in [1.82, 2.24) is 4.57 Å². The fourth-order valence-corrected chi connectivity index (χ4v) is 10.1. The van der Waals surface area contributed by atoms with E-state index in [2.05, 4.69) is 181 Å². The van der Waals surface area contributed by atoms with Crippen LogP contribution in [0.2, 0.25) is 0 Å². The second-order valence-corrected chi connectivity index (χ2v) is 14.5. The fourth-order valence-electron chi connectivity index (χ4n) is 10.1. The van der Waals surface area contributed by atoms with Gasteiger partial charge in [0.15, 0.2) is 0 Å². The number of rotatable bonds is 1. The Morgan fingerprint density at radius 3 is 1.71 bits per heavy atom. The minimum absolute atomic E-state index is 0.400. The summed E-state index contributed by atoms with van der Waals surface area (Å²) in [7, 11) is 0. The van der Waals surface area contributed by atoms with E-state index in [0.29, 0.717) is 0 Å². The van der Waals surface area contributed by atoms with Crippen LogP contribution < -0.4 is 0 Å². The lowest BCUT2D eigenvalue weighted by molar-refractivity contribution is 0.796. The molecule has 4 bridgehead atoms. The Morgan fingerprint density at radius 1 is 0.392 bits per heavy atom. The van der Waals surface area contributed by atoms with Crippen LogP contribution in [0.15, 0.2) is 170 Å². The third-order valence-corrected chi connectivity index (χ3v) is 12.0. The first-order chi connectivity index (χ1) is 25.2. The van der Waals surface area contributed by atoms with Gasteiger partial charge in [-0.25, -0.2) is 0 Å². The molecule has 0 atom stereocenters. The second kappa shape index (κ2) is 9.62. The predicted molar refractivity (Wildman–Crippen MR) is 215 cm³/mol. The molecule has 1 nitrogen and oxygen atoms in total. The lowest BCUT2D eigenvalue weighted by Gasteiger charge is -2.31. The zero-order valence-corrected chi connectivity index (χ0v) is 28.1. The number of hydrogen-bond acceptors (Lipinski definition) is 0. The maximum atomic E-state index is 2.57. The summed E-state index contributed by atoms with van der Waals surface area (Å²) in [4.78, 5) is 0. The summed E-state index contributed by atoms with van der Waals surface area (Å²) in [6.07, 6.45) is 0. The van der Waals surface area contributed by atoms with Crippen LogP contribution in [0, 0.1) is 6.92 Å². The summed E-state index contributed by atoms with van der Waals surface area (Å²) in [6.45, 7) is 2.23. The van der Waals surface area contributed by atoms with Crippen LogP contribution in [0.1, 0.15) is 27.8 Å². The van der Waals surface area contributed by atoms with Gasteiger partial charge in [0.1, 0.15) is 0 Å². The van der Waals surface area contributed by atoms with Crippen LogP contribution in [0.5, 0.6) is 0 Å². The maximum absolute atomic E-state index is 2.57. The van der Waals surface area contributed by atoms with Gasteiger partial charge in [-0.05, 0) is 119 Å². The van der Waals surface area contributed by atoms with E-state index in [1.165, 1.54) is 110 Å². The van der Waals surface area contributed by atoms with Gasteiger partial charge in [0.2, 0.25) is 0 Å². The first kappa shape index (κ1) is 27.4. The van der Waals surface area contributed by atoms with E-state index in [1.54, 1.807) is 0 Å². The highest BCUT2D eigenvalue weighted by Crippen LogP contribution is 2.61. The number of benzene rings is 9. The summed E-state index contributed by atoms with van der Waals surface area (Å²) >= 11 is 0. The highest BCUT2D eigenvalue weighted by Gasteiger charge is 2.50. The first-order valence-electron chi connectivity index (χ1n) is 17.9. The van der Waals surface area contributed by atoms with Crippen LogP contribution in [0.4, 0.5) is 0 Å². The summed E-state index contributed by atoms with van der Waals surface area (Å²) in [5, 5.41) is 12.8. The predicted octanol–water partition coefficient (Wildman–Crippen LogP) is 12.9. The van der Waals surface area contributed by atoms with Crippen molar-refractivity contribution < 1.29 is 0 Å². The van der Waals surface area contributed by atoms with Gasteiger partial charge in [-0.2, -0.15) is 0 Å². The molecule has 236 valence electrons. The van der Waals surface area contributed by atoms with Crippen LogP contribution in [-0.4, -0.2) is 4.57 Å². The molecular formula is C50H31N. The molecule has 0 saturated carbocycles. The van der Waals surface area contributed by atoms with Crippen molar-refractivity contribution in [2.75, 3.05) is 0 Å². The van der Waals surface area contributed by atoms with Gasteiger partial charge in [0, 0.05) is 16.3 Å². The van der Waals surface area contributed by atoms with Gasteiger partial charge in [0.05, 0.1) is 16.6 Å². The molecule has 51 heavy (non-hydrogen) atoms. The lowest BCUT2D eigenvalue weighted by atomic mass is 9.70. The normalized spacial score (nSPS) is 13.7. The molecule has 0 radical (unpaired) electrons. The van der Waals surface area contributed by atoms with Gasteiger partial charge in [0.25, 0.3) is 0 Å². The van der Waals surface area contributed by atoms with Gasteiger partial charge in [-0.3, -0.25) is 0 Å². The molecule has 0 fully saturated rings. The topological polar surface area (TPSA) is 4.93 Å². The molecule has 2 aliphatic carbocycles. The number of hydrogen-bond donors (Lipinski definition) is 0. The summed E-state index contributed by atoms with van der Waals surface area (Å²) in [5.41, 5.74) is 12.6. The number of aromatic nitrogens is 1. The summed E-state index contributed by atoms with van der Waals surface area (Å²) in [5.74, 6) is 0. The Bertz CT molecular complexity index is 3120. The molecule has 1 aromatic heterocycles. The molecule has 0 unspecified atom stereocenters.